The van der Waals surface area contributed by atoms with Gasteiger partial charge in [0, 0.05) is 29.3 Å². The molecule has 0 amide bonds. The van der Waals surface area contributed by atoms with E-state index in [1.165, 1.54) is 38.0 Å². The number of halogens is 1. The lowest BCUT2D eigenvalue weighted by molar-refractivity contribution is 0.260. The molecule has 1 aromatic rings. The molecule has 3 nitrogen and oxygen atoms in total. The Morgan fingerprint density at radius 2 is 1.94 bits per heavy atom. The van der Waals surface area contributed by atoms with E-state index in [2.05, 4.69) is 31.8 Å². The van der Waals surface area contributed by atoms with Gasteiger partial charge in [-0.2, -0.15) is 0 Å². The van der Waals surface area contributed by atoms with E-state index < -0.39 is 0 Å². The molecule has 3 rings (SSSR count). The highest BCUT2D eigenvalue weighted by atomic mass is 79.9. The van der Waals surface area contributed by atoms with Crippen molar-refractivity contribution in [2.24, 2.45) is 0 Å². The second-order valence-electron chi connectivity index (χ2n) is 5.34. The normalized spacial score (nSPS) is 24.9. The zero-order valence-corrected chi connectivity index (χ0v) is 12.2. The van der Waals surface area contributed by atoms with Crippen LogP contribution in [0, 0.1) is 0 Å². The molecule has 1 atom stereocenters. The van der Waals surface area contributed by atoms with Crippen molar-refractivity contribution in [1.82, 2.24) is 4.90 Å². The fourth-order valence-electron chi connectivity index (χ4n) is 3.15. The van der Waals surface area contributed by atoms with Crippen molar-refractivity contribution in [3.63, 3.8) is 0 Å². The first-order valence-electron chi connectivity index (χ1n) is 6.78. The monoisotopic (exact) mass is 309 g/mol. The molecule has 4 heteroatoms. The lowest BCUT2D eigenvalue weighted by Gasteiger charge is -2.25. The summed E-state index contributed by atoms with van der Waals surface area (Å²) in [5.41, 5.74) is 7.90. The lowest BCUT2D eigenvalue weighted by atomic mass is 10.2. The zero-order chi connectivity index (χ0) is 12.5. The Morgan fingerprint density at radius 1 is 1.17 bits per heavy atom. The molecule has 2 heterocycles. The number of hydrogen-bond donors (Lipinski definition) is 1. The minimum atomic E-state index is 0.747. The minimum Gasteiger partial charge on any atom is -0.399 e. The molecule has 1 aromatic carbocycles. The van der Waals surface area contributed by atoms with Gasteiger partial charge in [0.25, 0.3) is 0 Å². The third-order valence-corrected chi connectivity index (χ3v) is 4.77. The summed E-state index contributed by atoms with van der Waals surface area (Å²) in [6, 6.07) is 6.87. The molecule has 2 fully saturated rings. The van der Waals surface area contributed by atoms with Crippen molar-refractivity contribution in [2.75, 3.05) is 36.8 Å². The van der Waals surface area contributed by atoms with Crippen LogP contribution in [0.4, 0.5) is 11.4 Å². The Morgan fingerprint density at radius 3 is 2.67 bits per heavy atom. The van der Waals surface area contributed by atoms with E-state index in [-0.39, 0.29) is 0 Å². The van der Waals surface area contributed by atoms with Crippen LogP contribution >= 0.6 is 15.9 Å². The highest BCUT2D eigenvalue weighted by molar-refractivity contribution is 9.10. The summed E-state index contributed by atoms with van der Waals surface area (Å²) in [4.78, 5) is 5.14. The molecule has 98 valence electrons. The molecule has 18 heavy (non-hydrogen) atoms. The van der Waals surface area contributed by atoms with Gasteiger partial charge in [-0.05, 0) is 66.5 Å². The minimum absolute atomic E-state index is 0.747. The average Bonchev–Trinajstić information content (AvgIpc) is 2.99. The Balaban J connectivity index is 1.71. The first kappa shape index (κ1) is 12.3. The van der Waals surface area contributed by atoms with Crippen molar-refractivity contribution >= 4 is 27.3 Å². The number of nitrogens with two attached hydrogens (primary N) is 1. The van der Waals surface area contributed by atoms with Crippen LogP contribution in [-0.2, 0) is 0 Å². The Kier molecular flexibility index (Phi) is 3.48. The summed E-state index contributed by atoms with van der Waals surface area (Å²) in [5.74, 6) is 0. The van der Waals surface area contributed by atoms with E-state index in [4.69, 9.17) is 5.73 Å². The third-order valence-electron chi connectivity index (χ3n) is 4.13. The van der Waals surface area contributed by atoms with Gasteiger partial charge in [0.2, 0.25) is 0 Å². The average molecular weight is 310 g/mol. The molecule has 2 aliphatic rings. The van der Waals surface area contributed by atoms with E-state index in [9.17, 15) is 0 Å². The van der Waals surface area contributed by atoms with Crippen LogP contribution in [0.5, 0.6) is 0 Å². The first-order chi connectivity index (χ1) is 8.74. The molecule has 2 N–H and O–H groups in total. The number of rotatable bonds is 2. The third kappa shape index (κ3) is 2.36. The van der Waals surface area contributed by atoms with Gasteiger partial charge >= 0.3 is 0 Å². The fraction of sp³-hybridized carbons (Fsp3) is 0.571. The predicted octanol–water partition coefficient (Wildman–Crippen LogP) is 2.71. The topological polar surface area (TPSA) is 32.5 Å². The van der Waals surface area contributed by atoms with Gasteiger partial charge < -0.3 is 10.6 Å². The van der Waals surface area contributed by atoms with Crippen molar-refractivity contribution < 1.29 is 0 Å². The molecule has 0 aliphatic carbocycles. The van der Waals surface area contributed by atoms with Crippen LogP contribution in [0.15, 0.2) is 22.7 Å². The largest absolute Gasteiger partial charge is 0.399 e. The number of benzene rings is 1. The van der Waals surface area contributed by atoms with Crippen LogP contribution in [0.25, 0.3) is 0 Å². The van der Waals surface area contributed by atoms with Crippen LogP contribution in [0.2, 0.25) is 0 Å². The first-order valence-corrected chi connectivity index (χ1v) is 7.57. The van der Waals surface area contributed by atoms with E-state index in [1.54, 1.807) is 0 Å². The van der Waals surface area contributed by atoms with Crippen molar-refractivity contribution in [3.8, 4) is 0 Å². The van der Waals surface area contributed by atoms with Gasteiger partial charge in [-0.1, -0.05) is 0 Å². The van der Waals surface area contributed by atoms with E-state index >= 15 is 0 Å². The van der Waals surface area contributed by atoms with Crippen LogP contribution in [0.3, 0.4) is 0 Å². The molecular weight excluding hydrogens is 290 g/mol. The number of likely N-dealkylation sites (tertiary alicyclic amines) is 1. The maximum Gasteiger partial charge on any atom is 0.0512 e. The van der Waals surface area contributed by atoms with E-state index in [0.29, 0.717) is 0 Å². The smallest absolute Gasteiger partial charge is 0.0512 e. The summed E-state index contributed by atoms with van der Waals surface area (Å²) in [6.07, 6.45) is 4.04. The van der Waals surface area contributed by atoms with Crippen LogP contribution in [-0.4, -0.2) is 37.1 Å². The molecule has 2 saturated heterocycles. The predicted molar refractivity (Wildman–Crippen MR) is 80.0 cm³/mol. The number of anilines is 2. The van der Waals surface area contributed by atoms with Gasteiger partial charge in [0.05, 0.1) is 5.69 Å². The number of nitrogen functional groups attached to an aromatic ring is 1. The van der Waals surface area contributed by atoms with E-state index in [0.717, 1.165) is 29.3 Å². The molecule has 0 aromatic heterocycles. The van der Waals surface area contributed by atoms with Gasteiger partial charge in [0.1, 0.15) is 0 Å². The second-order valence-corrected chi connectivity index (χ2v) is 6.20. The summed E-state index contributed by atoms with van der Waals surface area (Å²) in [6.45, 7) is 4.90. The molecule has 2 aliphatic heterocycles. The summed E-state index contributed by atoms with van der Waals surface area (Å²) < 4.78 is 1.12. The van der Waals surface area contributed by atoms with Gasteiger partial charge in [-0.25, -0.2) is 0 Å². The van der Waals surface area contributed by atoms with Gasteiger partial charge in [-0.15, -0.1) is 0 Å². The number of hydrogen-bond acceptors (Lipinski definition) is 3. The SMILES string of the molecule is Nc1ccc(N2CCC(N3CCCC3)C2)c(Br)c1. The van der Waals surface area contributed by atoms with Gasteiger partial charge in [-0.3, -0.25) is 4.90 Å². The highest BCUT2D eigenvalue weighted by Gasteiger charge is 2.29. The Hall–Kier alpha value is -0.740. The lowest BCUT2D eigenvalue weighted by Crippen LogP contribution is -2.35. The standard InChI is InChI=1S/C14H20BrN3/c15-13-9-11(16)3-4-14(13)18-8-5-12(10-18)17-6-1-2-7-17/h3-4,9,12H,1-2,5-8,10,16H2. The molecule has 0 radical (unpaired) electrons. The molecule has 1 unspecified atom stereocenters. The summed E-state index contributed by atoms with van der Waals surface area (Å²) in [5, 5.41) is 0. The molecule has 0 saturated carbocycles. The molecule has 0 spiro atoms. The highest BCUT2D eigenvalue weighted by Crippen LogP contribution is 2.32. The van der Waals surface area contributed by atoms with Crippen LogP contribution < -0.4 is 10.6 Å². The second kappa shape index (κ2) is 5.10. The Labute approximate surface area is 117 Å². The zero-order valence-electron chi connectivity index (χ0n) is 10.6. The van der Waals surface area contributed by atoms with Crippen molar-refractivity contribution in [3.05, 3.63) is 22.7 Å². The van der Waals surface area contributed by atoms with Crippen LogP contribution in [0.1, 0.15) is 19.3 Å². The quantitative estimate of drug-likeness (QED) is 0.853. The molecular formula is C14H20BrN3. The maximum absolute atomic E-state index is 5.80. The van der Waals surface area contributed by atoms with Gasteiger partial charge in [0.15, 0.2) is 0 Å². The van der Waals surface area contributed by atoms with E-state index in [1.807, 2.05) is 12.1 Å². The fourth-order valence-corrected chi connectivity index (χ4v) is 3.79. The number of nitrogens with zero attached hydrogens (tertiary/aromatic N) is 2. The Bertz CT molecular complexity index is 429. The maximum atomic E-state index is 5.80. The van der Waals surface area contributed by atoms with Crippen molar-refractivity contribution in [2.45, 2.75) is 25.3 Å². The summed E-state index contributed by atoms with van der Waals surface area (Å²) in [7, 11) is 0. The summed E-state index contributed by atoms with van der Waals surface area (Å²) >= 11 is 3.63. The molecule has 0 bridgehead atoms. The van der Waals surface area contributed by atoms with Crippen molar-refractivity contribution in [1.29, 1.82) is 0 Å².